The molecule has 0 saturated carbocycles. The van der Waals surface area contributed by atoms with Crippen LogP contribution in [0.5, 0.6) is 11.5 Å². The molecule has 0 aliphatic heterocycles. The fourth-order valence-electron chi connectivity index (χ4n) is 2.89. The fraction of sp³-hybridized carbons (Fsp3) is 0.120. The summed E-state index contributed by atoms with van der Waals surface area (Å²) in [6, 6.07) is 16.8. The van der Waals surface area contributed by atoms with Gasteiger partial charge >= 0.3 is 0 Å². The lowest BCUT2D eigenvalue weighted by molar-refractivity contribution is -0.112. The first kappa shape index (κ1) is 24.2. The number of amides is 1. The Kier molecular flexibility index (Phi) is 8.38. The Morgan fingerprint density at radius 3 is 2.52 bits per heavy atom. The van der Waals surface area contributed by atoms with Crippen LogP contribution in [0.3, 0.4) is 0 Å². The van der Waals surface area contributed by atoms with Crippen LogP contribution in [0.2, 0.25) is 0 Å². The molecule has 1 N–H and O–H groups in total. The molecule has 0 aliphatic carbocycles. The first-order valence-corrected chi connectivity index (χ1v) is 11.0. The van der Waals surface area contributed by atoms with E-state index in [0.717, 1.165) is 0 Å². The fourth-order valence-corrected chi connectivity index (χ4v) is 3.67. The van der Waals surface area contributed by atoms with Gasteiger partial charge in [0.25, 0.3) is 5.91 Å². The molecule has 5 nitrogen and oxygen atoms in total. The van der Waals surface area contributed by atoms with E-state index in [0.29, 0.717) is 38.5 Å². The number of ether oxygens (including phenoxy) is 2. The predicted octanol–water partition coefficient (Wildman–Crippen LogP) is 6.09. The van der Waals surface area contributed by atoms with Gasteiger partial charge in [-0.05, 0) is 83.6 Å². The molecule has 0 atom stereocenters. The molecule has 0 bridgehead atoms. The highest BCUT2D eigenvalue weighted by Crippen LogP contribution is 2.35. The van der Waals surface area contributed by atoms with Gasteiger partial charge in [-0.3, -0.25) is 4.79 Å². The molecule has 0 radical (unpaired) electrons. The monoisotopic (exact) mass is 560 g/mol. The second kappa shape index (κ2) is 11.4. The minimum Gasteiger partial charge on any atom is -0.490 e. The first-order chi connectivity index (χ1) is 15.9. The molecule has 0 aliphatic rings. The summed E-state index contributed by atoms with van der Waals surface area (Å²) in [5.74, 6) is -0.581. The van der Waals surface area contributed by atoms with Crippen LogP contribution in [-0.2, 0) is 11.4 Å². The Morgan fingerprint density at radius 1 is 1.12 bits per heavy atom. The molecule has 8 heteroatoms. The summed E-state index contributed by atoms with van der Waals surface area (Å²) in [7, 11) is 0. The van der Waals surface area contributed by atoms with E-state index in [4.69, 9.17) is 9.47 Å². The number of benzene rings is 3. The van der Waals surface area contributed by atoms with Crippen LogP contribution >= 0.6 is 22.6 Å². The molecule has 0 saturated heterocycles. The summed E-state index contributed by atoms with van der Waals surface area (Å²) in [5.41, 5.74) is 1.18. The number of nitriles is 1. The highest BCUT2D eigenvalue weighted by molar-refractivity contribution is 14.1. The Balaban J connectivity index is 1.85. The van der Waals surface area contributed by atoms with E-state index >= 15 is 0 Å². The first-order valence-electron chi connectivity index (χ1n) is 9.92. The maximum atomic E-state index is 13.9. The lowest BCUT2D eigenvalue weighted by Gasteiger charge is -2.15. The van der Waals surface area contributed by atoms with Crippen molar-refractivity contribution in [3.05, 3.63) is 92.6 Å². The SMILES string of the molecule is CCOc1cc(/C=C(\C#N)C(=O)Nc2ccc(F)cc2)cc(I)c1OCc1ccccc1F. The van der Waals surface area contributed by atoms with Crippen molar-refractivity contribution in [2.24, 2.45) is 0 Å². The Hall–Kier alpha value is -3.45. The van der Waals surface area contributed by atoms with Crippen molar-refractivity contribution < 1.29 is 23.0 Å². The second-order valence-electron chi connectivity index (χ2n) is 6.77. The molecule has 33 heavy (non-hydrogen) atoms. The van der Waals surface area contributed by atoms with Gasteiger partial charge in [0.15, 0.2) is 11.5 Å². The molecule has 3 rings (SSSR count). The number of hydrogen-bond acceptors (Lipinski definition) is 4. The van der Waals surface area contributed by atoms with Crippen LogP contribution in [0.4, 0.5) is 14.5 Å². The third kappa shape index (κ3) is 6.52. The molecule has 3 aromatic carbocycles. The van der Waals surface area contributed by atoms with Crippen molar-refractivity contribution in [1.29, 1.82) is 5.26 Å². The average molecular weight is 560 g/mol. The van der Waals surface area contributed by atoms with Crippen LogP contribution in [0.15, 0.2) is 66.2 Å². The van der Waals surface area contributed by atoms with Crippen LogP contribution in [0.25, 0.3) is 6.08 Å². The lowest BCUT2D eigenvalue weighted by atomic mass is 10.1. The molecule has 3 aromatic rings. The zero-order chi connectivity index (χ0) is 23.8. The summed E-state index contributed by atoms with van der Waals surface area (Å²) in [6.07, 6.45) is 1.42. The predicted molar refractivity (Wildman–Crippen MR) is 130 cm³/mol. The number of nitrogens with zero attached hydrogens (tertiary/aromatic N) is 1. The Labute approximate surface area is 203 Å². The highest BCUT2D eigenvalue weighted by atomic mass is 127. The standard InChI is InChI=1S/C25H19F2IN2O3/c1-2-32-23-13-16(11-18(14-29)25(31)30-20-9-7-19(26)8-10-20)12-22(28)24(23)33-15-17-5-3-4-6-21(17)27/h3-13H,2,15H2,1H3,(H,30,31)/b18-11+. The van der Waals surface area contributed by atoms with E-state index in [1.165, 1.54) is 36.4 Å². The summed E-state index contributed by atoms with van der Waals surface area (Å²) >= 11 is 2.05. The van der Waals surface area contributed by atoms with Crippen molar-refractivity contribution in [2.75, 3.05) is 11.9 Å². The second-order valence-corrected chi connectivity index (χ2v) is 7.94. The van der Waals surface area contributed by atoms with Gasteiger partial charge in [0.2, 0.25) is 0 Å². The van der Waals surface area contributed by atoms with Gasteiger partial charge in [-0.15, -0.1) is 0 Å². The van der Waals surface area contributed by atoms with E-state index in [1.54, 1.807) is 30.3 Å². The summed E-state index contributed by atoms with van der Waals surface area (Å²) in [6.45, 7) is 2.18. The van der Waals surface area contributed by atoms with Gasteiger partial charge in [-0.2, -0.15) is 5.26 Å². The van der Waals surface area contributed by atoms with Gasteiger partial charge < -0.3 is 14.8 Å². The van der Waals surface area contributed by atoms with E-state index in [9.17, 15) is 18.8 Å². The van der Waals surface area contributed by atoms with Crippen LogP contribution in [-0.4, -0.2) is 12.5 Å². The number of nitrogens with one attached hydrogen (secondary N) is 1. The van der Waals surface area contributed by atoms with Crippen molar-refractivity contribution in [3.8, 4) is 17.6 Å². The molecule has 0 aromatic heterocycles. The van der Waals surface area contributed by atoms with Gasteiger partial charge in [0, 0.05) is 11.3 Å². The normalized spacial score (nSPS) is 10.9. The van der Waals surface area contributed by atoms with Crippen LogP contribution in [0, 0.1) is 26.5 Å². The van der Waals surface area contributed by atoms with Crippen LogP contribution in [0.1, 0.15) is 18.1 Å². The molecular formula is C25H19F2IN2O3. The number of carbonyl (C=O) groups excluding carboxylic acids is 1. The Morgan fingerprint density at radius 2 is 1.85 bits per heavy atom. The Bertz CT molecular complexity index is 1220. The van der Waals surface area contributed by atoms with Gasteiger partial charge in [-0.25, -0.2) is 8.78 Å². The van der Waals surface area contributed by atoms with E-state index in [1.807, 2.05) is 13.0 Å². The summed E-state index contributed by atoms with van der Waals surface area (Å²) < 4.78 is 39.2. The number of hydrogen-bond donors (Lipinski definition) is 1. The number of carbonyl (C=O) groups is 1. The largest absolute Gasteiger partial charge is 0.490 e. The number of halogens is 3. The molecule has 0 heterocycles. The van der Waals surface area contributed by atoms with Gasteiger partial charge in [0.1, 0.15) is 29.9 Å². The third-order valence-corrected chi connectivity index (χ3v) is 5.24. The number of rotatable bonds is 8. The van der Waals surface area contributed by atoms with Crippen LogP contribution < -0.4 is 14.8 Å². The molecule has 168 valence electrons. The minimum absolute atomic E-state index is 0.0153. The van der Waals surface area contributed by atoms with Crippen molar-refractivity contribution >= 4 is 40.3 Å². The average Bonchev–Trinajstić information content (AvgIpc) is 2.79. The van der Waals surface area contributed by atoms with Crippen molar-refractivity contribution in [3.63, 3.8) is 0 Å². The summed E-state index contributed by atoms with van der Waals surface area (Å²) in [5, 5.41) is 12.0. The zero-order valence-corrected chi connectivity index (χ0v) is 19.7. The van der Waals surface area contributed by atoms with Gasteiger partial charge in [0.05, 0.1) is 10.2 Å². The minimum atomic E-state index is -0.628. The van der Waals surface area contributed by atoms with E-state index < -0.39 is 11.7 Å². The quantitative estimate of drug-likeness (QED) is 0.206. The highest BCUT2D eigenvalue weighted by Gasteiger charge is 2.15. The third-order valence-electron chi connectivity index (χ3n) is 4.44. The topological polar surface area (TPSA) is 71.3 Å². The van der Waals surface area contributed by atoms with Gasteiger partial charge in [-0.1, -0.05) is 18.2 Å². The maximum Gasteiger partial charge on any atom is 0.266 e. The maximum absolute atomic E-state index is 13.9. The molecule has 1 amide bonds. The van der Waals surface area contributed by atoms with E-state index in [2.05, 4.69) is 27.9 Å². The van der Waals surface area contributed by atoms with Crippen molar-refractivity contribution in [1.82, 2.24) is 0 Å². The lowest BCUT2D eigenvalue weighted by Crippen LogP contribution is -2.13. The molecular weight excluding hydrogens is 541 g/mol. The van der Waals surface area contributed by atoms with Crippen molar-refractivity contribution in [2.45, 2.75) is 13.5 Å². The smallest absolute Gasteiger partial charge is 0.266 e. The molecule has 0 spiro atoms. The number of anilines is 1. The molecule has 0 unspecified atom stereocenters. The summed E-state index contributed by atoms with van der Waals surface area (Å²) in [4.78, 5) is 12.5. The van der Waals surface area contributed by atoms with E-state index in [-0.39, 0.29) is 18.0 Å². The molecule has 0 fully saturated rings. The zero-order valence-electron chi connectivity index (χ0n) is 17.6.